The Balaban J connectivity index is 2.54. The van der Waals surface area contributed by atoms with Gasteiger partial charge in [0.2, 0.25) is 5.91 Å². The number of hydrogen-bond acceptors (Lipinski definition) is 3. The first-order chi connectivity index (χ1) is 9.31. The van der Waals surface area contributed by atoms with Crippen LogP contribution in [0.2, 0.25) is 0 Å². The number of likely N-dealkylation sites (N-methyl/N-ethyl adjacent to an activating group) is 1. The van der Waals surface area contributed by atoms with E-state index < -0.39 is 6.03 Å². The van der Waals surface area contributed by atoms with Crippen LogP contribution in [0.4, 0.5) is 10.5 Å². The van der Waals surface area contributed by atoms with Crippen molar-refractivity contribution in [2.45, 2.75) is 33.2 Å². The van der Waals surface area contributed by atoms with E-state index >= 15 is 0 Å². The van der Waals surface area contributed by atoms with Crippen molar-refractivity contribution in [2.75, 3.05) is 18.0 Å². The molecular formula is C15H23N3O2. The first-order valence-electron chi connectivity index (χ1n) is 6.74. The van der Waals surface area contributed by atoms with Gasteiger partial charge < -0.3 is 10.2 Å². The van der Waals surface area contributed by atoms with E-state index in [1.54, 1.807) is 0 Å². The minimum Gasteiger partial charge on any atom is -0.362 e. The number of carbonyl (C=O) groups excluding carboxylic acids is 2. The van der Waals surface area contributed by atoms with Crippen LogP contribution in [0.5, 0.6) is 0 Å². The number of nitrogens with one attached hydrogen (secondary N) is 2. The van der Waals surface area contributed by atoms with Gasteiger partial charge in [0.05, 0.1) is 6.54 Å². The third-order valence-electron chi connectivity index (χ3n) is 2.58. The lowest BCUT2D eigenvalue weighted by Crippen LogP contribution is -2.50. The monoisotopic (exact) mass is 277 g/mol. The van der Waals surface area contributed by atoms with E-state index in [9.17, 15) is 9.59 Å². The second kappa shape index (κ2) is 6.93. The van der Waals surface area contributed by atoms with Crippen LogP contribution in [0.25, 0.3) is 0 Å². The largest absolute Gasteiger partial charge is 0.362 e. The molecule has 0 bridgehead atoms. The minimum atomic E-state index is -0.466. The Hall–Kier alpha value is -2.04. The summed E-state index contributed by atoms with van der Waals surface area (Å²) in [6, 6.07) is 9.17. The molecule has 0 spiro atoms. The van der Waals surface area contributed by atoms with Crippen LogP contribution in [-0.4, -0.2) is 30.6 Å². The predicted molar refractivity (Wildman–Crippen MR) is 80.8 cm³/mol. The molecule has 1 rings (SSSR count). The summed E-state index contributed by atoms with van der Waals surface area (Å²) in [5, 5.41) is 5.03. The molecule has 0 aliphatic rings. The van der Waals surface area contributed by atoms with Crippen LogP contribution < -0.4 is 15.5 Å². The zero-order valence-corrected chi connectivity index (χ0v) is 12.6. The molecule has 0 aliphatic heterocycles. The molecule has 1 aromatic rings. The number of imide groups is 1. The van der Waals surface area contributed by atoms with Gasteiger partial charge >= 0.3 is 6.03 Å². The first-order valence-corrected chi connectivity index (χ1v) is 6.74. The molecule has 110 valence electrons. The maximum atomic E-state index is 11.9. The molecular weight excluding hydrogens is 254 g/mol. The van der Waals surface area contributed by atoms with Crippen LogP contribution in [0, 0.1) is 0 Å². The van der Waals surface area contributed by atoms with Crippen molar-refractivity contribution in [1.82, 2.24) is 10.6 Å². The summed E-state index contributed by atoms with van der Waals surface area (Å²) in [5.41, 5.74) is 0.593. The second-order valence-corrected chi connectivity index (χ2v) is 5.60. The van der Waals surface area contributed by atoms with E-state index in [-0.39, 0.29) is 18.0 Å². The molecule has 0 unspecified atom stereocenters. The number of amides is 3. The van der Waals surface area contributed by atoms with Crippen LogP contribution in [0.15, 0.2) is 30.3 Å². The maximum Gasteiger partial charge on any atom is 0.321 e. The average Bonchev–Trinajstić information content (AvgIpc) is 2.34. The fourth-order valence-corrected chi connectivity index (χ4v) is 1.74. The van der Waals surface area contributed by atoms with E-state index in [2.05, 4.69) is 10.6 Å². The highest BCUT2D eigenvalue weighted by atomic mass is 16.2. The number of carbonyl (C=O) groups is 2. The molecule has 20 heavy (non-hydrogen) atoms. The van der Waals surface area contributed by atoms with E-state index in [1.165, 1.54) is 0 Å². The predicted octanol–water partition coefficient (Wildman–Crippen LogP) is 2.14. The minimum absolute atomic E-state index is 0.151. The number of para-hydroxylation sites is 1. The van der Waals surface area contributed by atoms with Crippen molar-refractivity contribution in [3.8, 4) is 0 Å². The lowest BCUT2D eigenvalue weighted by Gasteiger charge is -2.23. The molecule has 1 aromatic carbocycles. The summed E-state index contributed by atoms with van der Waals surface area (Å²) >= 11 is 0. The zero-order chi connectivity index (χ0) is 15.2. The number of rotatable bonds is 4. The molecule has 2 N–H and O–H groups in total. The Labute approximate surface area is 120 Å². The molecule has 0 fully saturated rings. The van der Waals surface area contributed by atoms with Crippen molar-refractivity contribution in [3.63, 3.8) is 0 Å². The lowest BCUT2D eigenvalue weighted by molar-refractivity contribution is -0.118. The van der Waals surface area contributed by atoms with Crippen LogP contribution in [0.1, 0.15) is 27.7 Å². The van der Waals surface area contributed by atoms with Crippen molar-refractivity contribution >= 4 is 17.6 Å². The molecule has 5 heteroatoms. The van der Waals surface area contributed by atoms with Crippen molar-refractivity contribution in [3.05, 3.63) is 30.3 Å². The van der Waals surface area contributed by atoms with Crippen LogP contribution >= 0.6 is 0 Å². The quantitative estimate of drug-likeness (QED) is 0.886. The second-order valence-electron chi connectivity index (χ2n) is 5.60. The topological polar surface area (TPSA) is 61.4 Å². The summed E-state index contributed by atoms with van der Waals surface area (Å²) < 4.78 is 0. The fraction of sp³-hybridized carbons (Fsp3) is 0.467. The smallest absolute Gasteiger partial charge is 0.321 e. The van der Waals surface area contributed by atoms with Gasteiger partial charge in [-0.1, -0.05) is 18.2 Å². The molecule has 0 saturated carbocycles. The molecule has 0 radical (unpaired) electrons. The molecule has 0 aliphatic carbocycles. The summed E-state index contributed by atoms with van der Waals surface area (Å²) in [6.07, 6.45) is 0. The fourth-order valence-electron chi connectivity index (χ4n) is 1.74. The van der Waals surface area contributed by atoms with Gasteiger partial charge in [-0.2, -0.15) is 0 Å². The van der Waals surface area contributed by atoms with E-state index in [4.69, 9.17) is 0 Å². The van der Waals surface area contributed by atoms with Gasteiger partial charge in [-0.25, -0.2) is 4.79 Å². The lowest BCUT2D eigenvalue weighted by atomic mass is 10.1. The van der Waals surface area contributed by atoms with Crippen molar-refractivity contribution in [2.24, 2.45) is 0 Å². The first kappa shape index (κ1) is 16.0. The summed E-state index contributed by atoms with van der Waals surface area (Å²) in [7, 11) is 0. The maximum absolute atomic E-state index is 11.9. The molecule has 5 nitrogen and oxygen atoms in total. The molecule has 0 saturated heterocycles. The van der Waals surface area contributed by atoms with Gasteiger partial charge in [0.25, 0.3) is 0 Å². The van der Waals surface area contributed by atoms with Gasteiger partial charge in [0.15, 0.2) is 0 Å². The van der Waals surface area contributed by atoms with E-state index in [0.29, 0.717) is 6.54 Å². The summed E-state index contributed by atoms with van der Waals surface area (Å²) in [4.78, 5) is 25.4. The highest BCUT2D eigenvalue weighted by molar-refractivity contribution is 5.96. The Morgan fingerprint density at radius 1 is 1.15 bits per heavy atom. The third-order valence-corrected chi connectivity index (χ3v) is 2.58. The molecule has 0 aromatic heterocycles. The van der Waals surface area contributed by atoms with Gasteiger partial charge in [0, 0.05) is 17.8 Å². The zero-order valence-electron chi connectivity index (χ0n) is 12.6. The number of benzene rings is 1. The van der Waals surface area contributed by atoms with Crippen molar-refractivity contribution < 1.29 is 9.59 Å². The highest BCUT2D eigenvalue weighted by Crippen LogP contribution is 2.11. The summed E-state index contributed by atoms with van der Waals surface area (Å²) in [6.45, 7) is 8.39. The number of urea groups is 1. The number of hydrogen-bond donors (Lipinski definition) is 2. The van der Waals surface area contributed by atoms with Gasteiger partial charge in [-0.3, -0.25) is 10.1 Å². The van der Waals surface area contributed by atoms with Gasteiger partial charge in [-0.05, 0) is 39.8 Å². The Kier molecular flexibility index (Phi) is 5.55. The summed E-state index contributed by atoms with van der Waals surface area (Å²) in [5.74, 6) is -0.322. The van der Waals surface area contributed by atoms with Crippen LogP contribution in [0.3, 0.4) is 0 Å². The average molecular weight is 277 g/mol. The molecule has 0 heterocycles. The van der Waals surface area contributed by atoms with Crippen molar-refractivity contribution in [1.29, 1.82) is 0 Å². The number of anilines is 1. The van der Waals surface area contributed by atoms with Gasteiger partial charge in [-0.15, -0.1) is 0 Å². The van der Waals surface area contributed by atoms with Crippen LogP contribution in [-0.2, 0) is 4.79 Å². The standard InChI is InChI=1S/C15H23N3O2/c1-5-18(12-9-7-6-8-10-12)11-13(19)16-14(20)17-15(2,3)4/h6-10H,5,11H2,1-4H3,(H2,16,17,19,20). The SMILES string of the molecule is CCN(CC(=O)NC(=O)NC(C)(C)C)c1ccccc1. The Morgan fingerprint density at radius 3 is 2.25 bits per heavy atom. The van der Waals surface area contributed by atoms with E-state index in [1.807, 2.05) is 62.9 Å². The normalized spacial score (nSPS) is 10.8. The molecule has 0 atom stereocenters. The Morgan fingerprint density at radius 2 is 1.75 bits per heavy atom. The highest BCUT2D eigenvalue weighted by Gasteiger charge is 2.17. The van der Waals surface area contributed by atoms with Gasteiger partial charge in [0.1, 0.15) is 0 Å². The third kappa shape index (κ3) is 5.73. The molecule has 3 amide bonds. The Bertz CT molecular complexity index is 452. The van der Waals surface area contributed by atoms with E-state index in [0.717, 1.165) is 5.69 Å². The number of nitrogens with zero attached hydrogens (tertiary/aromatic N) is 1.